The Kier molecular flexibility index (Phi) is 3.06. The Morgan fingerprint density at radius 3 is 3.00 bits per heavy atom. The van der Waals surface area contributed by atoms with Crippen LogP contribution in [0.4, 0.5) is 0 Å². The first-order valence-corrected chi connectivity index (χ1v) is 7.10. The van der Waals surface area contributed by atoms with Crippen LogP contribution in [0, 0.1) is 11.3 Å². The van der Waals surface area contributed by atoms with Gasteiger partial charge in [-0.2, -0.15) is 5.26 Å². The van der Waals surface area contributed by atoms with E-state index >= 15 is 0 Å². The van der Waals surface area contributed by atoms with Gasteiger partial charge in [-0.25, -0.2) is 4.98 Å². The first kappa shape index (κ1) is 11.9. The van der Waals surface area contributed by atoms with Crippen LogP contribution in [-0.2, 0) is 13.0 Å². The average molecular weight is 267 g/mol. The van der Waals surface area contributed by atoms with Crippen LogP contribution < -0.4 is 0 Å². The Balaban J connectivity index is 1.98. The van der Waals surface area contributed by atoms with Gasteiger partial charge in [0.05, 0.1) is 28.9 Å². The van der Waals surface area contributed by atoms with Gasteiger partial charge in [-0.05, 0) is 30.0 Å². The summed E-state index contributed by atoms with van der Waals surface area (Å²) in [4.78, 5) is 4.59. The zero-order valence-corrected chi connectivity index (χ0v) is 11.4. The molecule has 0 unspecified atom stereocenters. The minimum Gasteiger partial charge on any atom is -0.341 e. The van der Waals surface area contributed by atoms with Crippen LogP contribution in [0.25, 0.3) is 10.9 Å². The molecule has 19 heavy (non-hydrogen) atoms. The standard InChI is InChI=1S/C15H13N3S/c1-2-15-17-13(10-19-15)9-18-6-5-12-4-3-11(8-16)7-14(12)18/h3-7,10H,2,9H2,1H3. The number of aryl methyl sites for hydroxylation is 1. The van der Waals surface area contributed by atoms with Crippen LogP contribution in [0.3, 0.4) is 0 Å². The summed E-state index contributed by atoms with van der Waals surface area (Å²) >= 11 is 1.71. The van der Waals surface area contributed by atoms with E-state index in [2.05, 4.69) is 40.2 Å². The van der Waals surface area contributed by atoms with Crippen molar-refractivity contribution in [3.63, 3.8) is 0 Å². The Labute approximate surface area is 115 Å². The molecule has 1 aromatic carbocycles. The van der Waals surface area contributed by atoms with Crippen LogP contribution in [0.2, 0.25) is 0 Å². The summed E-state index contributed by atoms with van der Waals surface area (Å²) in [6.45, 7) is 2.88. The topological polar surface area (TPSA) is 41.6 Å². The van der Waals surface area contributed by atoms with Crippen molar-refractivity contribution in [2.45, 2.75) is 19.9 Å². The van der Waals surface area contributed by atoms with E-state index in [1.807, 2.05) is 18.2 Å². The molecule has 3 rings (SSSR count). The van der Waals surface area contributed by atoms with Crippen molar-refractivity contribution in [2.75, 3.05) is 0 Å². The number of fused-ring (bicyclic) bond motifs is 1. The molecule has 0 fully saturated rings. The molecule has 4 heteroatoms. The van der Waals surface area contributed by atoms with E-state index in [0.717, 1.165) is 29.6 Å². The smallest absolute Gasteiger partial charge is 0.0992 e. The highest BCUT2D eigenvalue weighted by atomic mass is 32.1. The lowest BCUT2D eigenvalue weighted by Crippen LogP contribution is -1.98. The first-order chi connectivity index (χ1) is 9.30. The maximum absolute atomic E-state index is 8.98. The molecule has 0 bridgehead atoms. The molecule has 0 aliphatic heterocycles. The van der Waals surface area contributed by atoms with Crippen molar-refractivity contribution in [3.8, 4) is 6.07 Å². The van der Waals surface area contributed by atoms with Gasteiger partial charge in [-0.3, -0.25) is 0 Å². The highest BCUT2D eigenvalue weighted by Crippen LogP contribution is 2.19. The largest absolute Gasteiger partial charge is 0.341 e. The molecule has 0 saturated heterocycles. The third kappa shape index (κ3) is 2.25. The van der Waals surface area contributed by atoms with Crippen molar-refractivity contribution in [3.05, 3.63) is 52.1 Å². The van der Waals surface area contributed by atoms with E-state index in [0.29, 0.717) is 5.56 Å². The first-order valence-electron chi connectivity index (χ1n) is 6.22. The molecule has 0 amide bonds. The molecular formula is C15H13N3S. The van der Waals surface area contributed by atoms with Gasteiger partial charge < -0.3 is 4.57 Å². The van der Waals surface area contributed by atoms with E-state index < -0.39 is 0 Å². The number of nitriles is 1. The molecule has 3 aromatic rings. The number of hydrogen-bond acceptors (Lipinski definition) is 3. The lowest BCUT2D eigenvalue weighted by molar-refractivity contribution is 0.808. The van der Waals surface area contributed by atoms with Crippen molar-refractivity contribution in [2.24, 2.45) is 0 Å². The van der Waals surface area contributed by atoms with Gasteiger partial charge in [-0.1, -0.05) is 13.0 Å². The summed E-state index contributed by atoms with van der Waals surface area (Å²) in [6.07, 6.45) is 3.03. The molecule has 0 aliphatic rings. The summed E-state index contributed by atoms with van der Waals surface area (Å²) < 4.78 is 2.14. The summed E-state index contributed by atoms with van der Waals surface area (Å²) in [5.41, 5.74) is 2.87. The third-order valence-corrected chi connectivity index (χ3v) is 4.18. The van der Waals surface area contributed by atoms with Gasteiger partial charge in [0.2, 0.25) is 0 Å². The van der Waals surface area contributed by atoms with Gasteiger partial charge in [0.25, 0.3) is 0 Å². The van der Waals surface area contributed by atoms with Crippen LogP contribution in [-0.4, -0.2) is 9.55 Å². The predicted octanol–water partition coefficient (Wildman–Crippen LogP) is 3.58. The maximum atomic E-state index is 8.98. The molecule has 2 heterocycles. The number of aromatic nitrogens is 2. The molecule has 0 spiro atoms. The van der Waals surface area contributed by atoms with Crippen molar-refractivity contribution in [1.82, 2.24) is 9.55 Å². The molecule has 0 saturated carbocycles. The molecule has 0 atom stereocenters. The highest BCUT2D eigenvalue weighted by molar-refractivity contribution is 7.09. The molecule has 0 aliphatic carbocycles. The predicted molar refractivity (Wildman–Crippen MR) is 77.2 cm³/mol. The number of rotatable bonds is 3. The fourth-order valence-electron chi connectivity index (χ4n) is 2.15. The fourth-order valence-corrected chi connectivity index (χ4v) is 2.89. The van der Waals surface area contributed by atoms with E-state index in [4.69, 9.17) is 5.26 Å². The average Bonchev–Trinajstić information content (AvgIpc) is 3.06. The SMILES string of the molecule is CCc1nc(Cn2ccc3ccc(C#N)cc32)cs1. The lowest BCUT2D eigenvalue weighted by Gasteiger charge is -2.03. The van der Waals surface area contributed by atoms with E-state index in [1.54, 1.807) is 11.3 Å². The van der Waals surface area contributed by atoms with Gasteiger partial charge in [-0.15, -0.1) is 11.3 Å². The second kappa shape index (κ2) is 4.87. The van der Waals surface area contributed by atoms with Crippen molar-refractivity contribution < 1.29 is 0 Å². The number of benzene rings is 1. The number of nitrogens with zero attached hydrogens (tertiary/aromatic N) is 3. The molecule has 0 N–H and O–H groups in total. The van der Waals surface area contributed by atoms with Crippen molar-refractivity contribution >= 4 is 22.2 Å². The van der Waals surface area contributed by atoms with E-state index in [1.165, 1.54) is 5.01 Å². The van der Waals surface area contributed by atoms with Crippen LogP contribution in [0.1, 0.15) is 23.2 Å². The summed E-state index contributed by atoms with van der Waals surface area (Å²) in [5.74, 6) is 0. The van der Waals surface area contributed by atoms with Gasteiger partial charge >= 0.3 is 0 Å². The summed E-state index contributed by atoms with van der Waals surface area (Å²) in [5, 5.41) is 13.4. The van der Waals surface area contributed by atoms with Gasteiger partial charge in [0.1, 0.15) is 0 Å². The third-order valence-electron chi connectivity index (χ3n) is 3.14. The maximum Gasteiger partial charge on any atom is 0.0992 e. The lowest BCUT2D eigenvalue weighted by atomic mass is 10.2. The van der Waals surface area contributed by atoms with Crippen LogP contribution in [0.15, 0.2) is 35.8 Å². The van der Waals surface area contributed by atoms with E-state index in [-0.39, 0.29) is 0 Å². The molecular weight excluding hydrogens is 254 g/mol. The molecule has 2 aromatic heterocycles. The summed E-state index contributed by atoms with van der Waals surface area (Å²) in [7, 11) is 0. The summed E-state index contributed by atoms with van der Waals surface area (Å²) in [6, 6.07) is 10.0. The Bertz CT molecular complexity index is 761. The van der Waals surface area contributed by atoms with Gasteiger partial charge in [0.15, 0.2) is 0 Å². The minimum atomic E-state index is 0.694. The monoisotopic (exact) mass is 267 g/mol. The number of thiazole rings is 1. The zero-order chi connectivity index (χ0) is 13.2. The Hall–Kier alpha value is -2.12. The molecule has 94 valence electrons. The number of hydrogen-bond donors (Lipinski definition) is 0. The Morgan fingerprint density at radius 1 is 1.37 bits per heavy atom. The van der Waals surface area contributed by atoms with Gasteiger partial charge in [0, 0.05) is 17.1 Å². The fraction of sp³-hybridized carbons (Fsp3) is 0.200. The minimum absolute atomic E-state index is 0.694. The zero-order valence-electron chi connectivity index (χ0n) is 10.6. The quantitative estimate of drug-likeness (QED) is 0.728. The normalized spacial score (nSPS) is 10.7. The second-order valence-corrected chi connectivity index (χ2v) is 5.36. The Morgan fingerprint density at radius 2 is 2.26 bits per heavy atom. The second-order valence-electron chi connectivity index (χ2n) is 4.42. The molecule has 0 radical (unpaired) electrons. The highest BCUT2D eigenvalue weighted by Gasteiger charge is 2.05. The van der Waals surface area contributed by atoms with Crippen LogP contribution in [0.5, 0.6) is 0 Å². The van der Waals surface area contributed by atoms with Crippen molar-refractivity contribution in [1.29, 1.82) is 5.26 Å². The molecule has 3 nitrogen and oxygen atoms in total. The van der Waals surface area contributed by atoms with E-state index in [9.17, 15) is 0 Å². The van der Waals surface area contributed by atoms with Crippen LogP contribution >= 0.6 is 11.3 Å².